The lowest BCUT2D eigenvalue weighted by atomic mass is 9.90. The Labute approximate surface area is 115 Å². The number of aryl methyl sites for hydroxylation is 1. The van der Waals surface area contributed by atoms with Gasteiger partial charge in [-0.2, -0.15) is 0 Å². The third kappa shape index (κ3) is 3.93. The summed E-state index contributed by atoms with van der Waals surface area (Å²) < 4.78 is 5.41. The summed E-state index contributed by atoms with van der Waals surface area (Å²) in [4.78, 5) is 4.08. The van der Waals surface area contributed by atoms with E-state index in [4.69, 9.17) is 4.42 Å². The number of furan rings is 1. The molecule has 0 saturated heterocycles. The first-order valence-corrected chi connectivity index (χ1v) is 6.97. The van der Waals surface area contributed by atoms with Crippen LogP contribution >= 0.6 is 0 Å². The minimum Gasteiger partial charge on any atom is -0.469 e. The van der Waals surface area contributed by atoms with Crippen LogP contribution in [0.4, 0.5) is 0 Å². The van der Waals surface area contributed by atoms with E-state index in [-0.39, 0.29) is 0 Å². The standard InChI is InChI=1S/C16H22N2O/c1-3-18-16(7-6-15-5-4-12-19-15)13(2)14-8-10-17-11-9-14/h4-5,8-13,16,18H,3,6-7H2,1-2H3. The Morgan fingerprint density at radius 1 is 1.26 bits per heavy atom. The van der Waals surface area contributed by atoms with E-state index in [2.05, 4.69) is 36.3 Å². The van der Waals surface area contributed by atoms with Crippen LogP contribution in [-0.4, -0.2) is 17.6 Å². The summed E-state index contributed by atoms with van der Waals surface area (Å²) in [5.74, 6) is 1.53. The van der Waals surface area contributed by atoms with E-state index in [0.717, 1.165) is 25.1 Å². The van der Waals surface area contributed by atoms with Gasteiger partial charge in [0, 0.05) is 24.9 Å². The van der Waals surface area contributed by atoms with Crippen molar-refractivity contribution in [2.45, 2.75) is 38.6 Å². The summed E-state index contributed by atoms with van der Waals surface area (Å²) in [6.07, 6.45) is 7.51. The maximum atomic E-state index is 5.41. The normalized spacial score (nSPS) is 14.2. The molecule has 2 atom stereocenters. The summed E-state index contributed by atoms with van der Waals surface area (Å²) in [6.45, 7) is 5.40. The number of nitrogens with one attached hydrogen (secondary N) is 1. The lowest BCUT2D eigenvalue weighted by Crippen LogP contribution is -2.34. The molecule has 0 bridgehead atoms. The van der Waals surface area contributed by atoms with Gasteiger partial charge in [-0.3, -0.25) is 4.98 Å². The summed E-state index contributed by atoms with van der Waals surface area (Å²) in [7, 11) is 0. The lowest BCUT2D eigenvalue weighted by Gasteiger charge is -2.25. The van der Waals surface area contributed by atoms with Crippen LogP contribution in [0, 0.1) is 0 Å². The van der Waals surface area contributed by atoms with Crippen LogP contribution in [0.15, 0.2) is 47.3 Å². The van der Waals surface area contributed by atoms with Gasteiger partial charge in [0.25, 0.3) is 0 Å². The number of likely N-dealkylation sites (N-methyl/N-ethyl adjacent to an activating group) is 1. The molecule has 2 heterocycles. The third-order valence-corrected chi connectivity index (χ3v) is 3.58. The van der Waals surface area contributed by atoms with Crippen LogP contribution in [0.3, 0.4) is 0 Å². The minimum atomic E-state index is 0.456. The first-order valence-electron chi connectivity index (χ1n) is 6.97. The molecule has 19 heavy (non-hydrogen) atoms. The zero-order valence-corrected chi connectivity index (χ0v) is 11.7. The summed E-state index contributed by atoms with van der Waals surface area (Å²) >= 11 is 0. The quantitative estimate of drug-likeness (QED) is 0.827. The van der Waals surface area contributed by atoms with E-state index in [1.54, 1.807) is 6.26 Å². The molecule has 3 nitrogen and oxygen atoms in total. The van der Waals surface area contributed by atoms with E-state index >= 15 is 0 Å². The molecule has 0 amide bonds. The van der Waals surface area contributed by atoms with Crippen molar-refractivity contribution in [3.05, 3.63) is 54.2 Å². The number of nitrogens with zero attached hydrogens (tertiary/aromatic N) is 1. The largest absolute Gasteiger partial charge is 0.469 e. The molecule has 0 aliphatic carbocycles. The highest BCUT2D eigenvalue weighted by Crippen LogP contribution is 2.22. The van der Waals surface area contributed by atoms with Gasteiger partial charge in [-0.25, -0.2) is 0 Å². The average molecular weight is 258 g/mol. The van der Waals surface area contributed by atoms with Gasteiger partial charge in [0.15, 0.2) is 0 Å². The molecule has 3 heteroatoms. The third-order valence-electron chi connectivity index (χ3n) is 3.58. The van der Waals surface area contributed by atoms with E-state index in [1.807, 2.05) is 24.5 Å². The second kappa shape index (κ2) is 7.10. The van der Waals surface area contributed by atoms with Crippen molar-refractivity contribution in [3.63, 3.8) is 0 Å². The van der Waals surface area contributed by atoms with Crippen LogP contribution in [0.1, 0.15) is 37.5 Å². The van der Waals surface area contributed by atoms with Crippen molar-refractivity contribution in [2.24, 2.45) is 0 Å². The van der Waals surface area contributed by atoms with Crippen molar-refractivity contribution in [1.29, 1.82) is 0 Å². The molecule has 2 rings (SSSR count). The van der Waals surface area contributed by atoms with Gasteiger partial charge in [0.1, 0.15) is 5.76 Å². The molecule has 0 aromatic carbocycles. The summed E-state index contributed by atoms with van der Waals surface area (Å²) in [5.41, 5.74) is 1.33. The Bertz CT molecular complexity index is 453. The molecule has 0 aliphatic heterocycles. The van der Waals surface area contributed by atoms with Crippen molar-refractivity contribution < 1.29 is 4.42 Å². The topological polar surface area (TPSA) is 38.1 Å². The molecular weight excluding hydrogens is 236 g/mol. The molecular formula is C16H22N2O. The summed E-state index contributed by atoms with van der Waals surface area (Å²) in [5, 5.41) is 3.58. The van der Waals surface area contributed by atoms with E-state index in [1.165, 1.54) is 5.56 Å². The zero-order valence-electron chi connectivity index (χ0n) is 11.7. The minimum absolute atomic E-state index is 0.456. The molecule has 0 fully saturated rings. The number of hydrogen-bond donors (Lipinski definition) is 1. The van der Waals surface area contributed by atoms with Gasteiger partial charge in [-0.1, -0.05) is 13.8 Å². The Morgan fingerprint density at radius 3 is 2.68 bits per heavy atom. The van der Waals surface area contributed by atoms with Crippen LogP contribution < -0.4 is 5.32 Å². The molecule has 1 N–H and O–H groups in total. The molecule has 2 aromatic heterocycles. The fourth-order valence-corrected chi connectivity index (χ4v) is 2.44. The maximum absolute atomic E-state index is 5.41. The van der Waals surface area contributed by atoms with Crippen LogP contribution in [-0.2, 0) is 6.42 Å². The fourth-order valence-electron chi connectivity index (χ4n) is 2.44. The number of rotatable bonds is 7. The van der Waals surface area contributed by atoms with Crippen molar-refractivity contribution >= 4 is 0 Å². The lowest BCUT2D eigenvalue weighted by molar-refractivity contribution is 0.411. The fraction of sp³-hybridized carbons (Fsp3) is 0.438. The van der Waals surface area contributed by atoms with Crippen molar-refractivity contribution in [2.75, 3.05) is 6.54 Å². The van der Waals surface area contributed by atoms with Gasteiger partial charge in [-0.05, 0) is 48.7 Å². The highest BCUT2D eigenvalue weighted by Gasteiger charge is 2.18. The SMILES string of the molecule is CCNC(CCc1ccco1)C(C)c1ccncc1. The van der Waals surface area contributed by atoms with Gasteiger partial charge in [-0.15, -0.1) is 0 Å². The molecule has 0 saturated carbocycles. The Balaban J connectivity index is 1.98. The number of pyridine rings is 1. The molecule has 2 aromatic rings. The van der Waals surface area contributed by atoms with Crippen molar-refractivity contribution in [1.82, 2.24) is 10.3 Å². The van der Waals surface area contributed by atoms with Gasteiger partial charge < -0.3 is 9.73 Å². The highest BCUT2D eigenvalue weighted by molar-refractivity contribution is 5.17. The maximum Gasteiger partial charge on any atom is 0.103 e. The Kier molecular flexibility index (Phi) is 5.16. The predicted molar refractivity (Wildman–Crippen MR) is 77.1 cm³/mol. The average Bonchev–Trinajstić information content (AvgIpc) is 2.97. The van der Waals surface area contributed by atoms with E-state index < -0.39 is 0 Å². The number of aromatic nitrogens is 1. The van der Waals surface area contributed by atoms with Gasteiger partial charge >= 0.3 is 0 Å². The Hall–Kier alpha value is -1.61. The summed E-state index contributed by atoms with van der Waals surface area (Å²) in [6, 6.07) is 8.64. The molecule has 2 unspecified atom stereocenters. The number of hydrogen-bond acceptors (Lipinski definition) is 3. The van der Waals surface area contributed by atoms with Crippen molar-refractivity contribution in [3.8, 4) is 0 Å². The highest BCUT2D eigenvalue weighted by atomic mass is 16.3. The van der Waals surface area contributed by atoms with Gasteiger partial charge in [0.2, 0.25) is 0 Å². The molecule has 102 valence electrons. The van der Waals surface area contributed by atoms with Gasteiger partial charge in [0.05, 0.1) is 6.26 Å². The first-order chi connectivity index (χ1) is 9.31. The van der Waals surface area contributed by atoms with E-state index in [9.17, 15) is 0 Å². The first kappa shape index (κ1) is 13.8. The Morgan fingerprint density at radius 2 is 2.05 bits per heavy atom. The molecule has 0 aliphatic rings. The second-order valence-corrected chi connectivity index (χ2v) is 4.85. The smallest absolute Gasteiger partial charge is 0.103 e. The zero-order chi connectivity index (χ0) is 13.5. The monoisotopic (exact) mass is 258 g/mol. The van der Waals surface area contributed by atoms with E-state index in [0.29, 0.717) is 12.0 Å². The van der Waals surface area contributed by atoms with Crippen LogP contribution in [0.5, 0.6) is 0 Å². The second-order valence-electron chi connectivity index (χ2n) is 4.85. The molecule has 0 spiro atoms. The molecule has 0 radical (unpaired) electrons. The van der Waals surface area contributed by atoms with Crippen LogP contribution in [0.2, 0.25) is 0 Å². The predicted octanol–water partition coefficient (Wildman–Crippen LogP) is 3.39. The van der Waals surface area contributed by atoms with Crippen LogP contribution in [0.25, 0.3) is 0 Å².